The van der Waals surface area contributed by atoms with Crippen LogP contribution in [0.3, 0.4) is 0 Å². The summed E-state index contributed by atoms with van der Waals surface area (Å²) < 4.78 is 13.6. The van der Waals surface area contributed by atoms with Crippen LogP contribution in [-0.4, -0.2) is 23.1 Å². The molecular weight excluding hydrogens is 283 g/mol. The van der Waals surface area contributed by atoms with E-state index in [1.807, 2.05) is 0 Å². The molecule has 0 unspecified atom stereocenters. The molecule has 0 fully saturated rings. The molecular formula is C13H10BClFNO3. The lowest BCUT2D eigenvalue weighted by molar-refractivity contribution is 0.102. The Morgan fingerprint density at radius 3 is 2.55 bits per heavy atom. The zero-order valence-electron chi connectivity index (χ0n) is 10.2. The smallest absolute Gasteiger partial charge is 0.423 e. The van der Waals surface area contributed by atoms with Gasteiger partial charge in [-0.2, -0.15) is 0 Å². The van der Waals surface area contributed by atoms with Crippen molar-refractivity contribution >= 4 is 35.8 Å². The summed E-state index contributed by atoms with van der Waals surface area (Å²) in [5, 5.41) is 20.8. The van der Waals surface area contributed by atoms with Gasteiger partial charge in [0, 0.05) is 0 Å². The van der Waals surface area contributed by atoms with Crippen LogP contribution in [0.5, 0.6) is 0 Å². The van der Waals surface area contributed by atoms with Crippen LogP contribution in [0.1, 0.15) is 10.4 Å². The molecule has 0 atom stereocenters. The summed E-state index contributed by atoms with van der Waals surface area (Å²) in [6.07, 6.45) is 0. The summed E-state index contributed by atoms with van der Waals surface area (Å²) in [7, 11) is -1.78. The Morgan fingerprint density at radius 2 is 1.90 bits per heavy atom. The van der Waals surface area contributed by atoms with Crippen molar-refractivity contribution in [3.8, 4) is 0 Å². The number of carbonyl (C=O) groups is 1. The van der Waals surface area contributed by atoms with Crippen molar-refractivity contribution in [1.82, 2.24) is 0 Å². The predicted octanol–water partition coefficient (Wildman–Crippen LogP) is 1.41. The summed E-state index contributed by atoms with van der Waals surface area (Å²) in [5.41, 5.74) is 0.0692. The molecule has 3 N–H and O–H groups in total. The van der Waals surface area contributed by atoms with Crippen LogP contribution >= 0.6 is 11.6 Å². The Morgan fingerprint density at radius 1 is 1.20 bits per heavy atom. The molecule has 2 rings (SSSR count). The minimum atomic E-state index is -1.78. The summed E-state index contributed by atoms with van der Waals surface area (Å²) in [5.74, 6) is -1.49. The molecule has 102 valence electrons. The average molecular weight is 293 g/mol. The molecule has 0 bridgehead atoms. The molecule has 2 aromatic rings. The van der Waals surface area contributed by atoms with Crippen molar-refractivity contribution in [1.29, 1.82) is 0 Å². The second-order valence-electron chi connectivity index (χ2n) is 4.05. The molecule has 0 aliphatic heterocycles. The minimum Gasteiger partial charge on any atom is -0.423 e. The van der Waals surface area contributed by atoms with E-state index in [9.17, 15) is 9.18 Å². The van der Waals surface area contributed by atoms with Crippen molar-refractivity contribution in [2.45, 2.75) is 0 Å². The van der Waals surface area contributed by atoms with E-state index < -0.39 is 18.8 Å². The number of hydrogen-bond acceptors (Lipinski definition) is 3. The van der Waals surface area contributed by atoms with Gasteiger partial charge in [0.05, 0.1) is 16.3 Å². The van der Waals surface area contributed by atoms with Crippen LogP contribution in [0.2, 0.25) is 5.02 Å². The maximum Gasteiger partial charge on any atom is 0.488 e. The minimum absolute atomic E-state index is 0.0238. The van der Waals surface area contributed by atoms with Gasteiger partial charge in [0.25, 0.3) is 5.91 Å². The Kier molecular flexibility index (Phi) is 4.39. The number of hydrogen-bond donors (Lipinski definition) is 3. The monoisotopic (exact) mass is 293 g/mol. The van der Waals surface area contributed by atoms with Gasteiger partial charge in [0.1, 0.15) is 5.82 Å². The van der Waals surface area contributed by atoms with Crippen LogP contribution in [0.15, 0.2) is 42.5 Å². The highest BCUT2D eigenvalue weighted by Gasteiger charge is 2.18. The average Bonchev–Trinajstić information content (AvgIpc) is 2.41. The third-order valence-corrected chi connectivity index (χ3v) is 2.98. The van der Waals surface area contributed by atoms with Gasteiger partial charge < -0.3 is 15.4 Å². The van der Waals surface area contributed by atoms with Crippen molar-refractivity contribution in [3.05, 3.63) is 58.9 Å². The van der Waals surface area contributed by atoms with Gasteiger partial charge in [-0.1, -0.05) is 29.8 Å². The number of amides is 1. The van der Waals surface area contributed by atoms with E-state index in [0.29, 0.717) is 10.7 Å². The van der Waals surface area contributed by atoms with Crippen LogP contribution < -0.4 is 10.8 Å². The molecule has 20 heavy (non-hydrogen) atoms. The molecule has 0 aliphatic rings. The molecule has 7 heteroatoms. The normalized spacial score (nSPS) is 10.2. The maximum absolute atomic E-state index is 13.6. The lowest BCUT2D eigenvalue weighted by atomic mass is 9.79. The van der Waals surface area contributed by atoms with E-state index in [0.717, 1.165) is 12.1 Å². The summed E-state index contributed by atoms with van der Waals surface area (Å²) in [4.78, 5) is 12.0. The van der Waals surface area contributed by atoms with Gasteiger partial charge in [-0.25, -0.2) is 4.39 Å². The van der Waals surface area contributed by atoms with Crippen LogP contribution in [0.25, 0.3) is 0 Å². The topological polar surface area (TPSA) is 69.6 Å². The highest BCUT2D eigenvalue weighted by molar-refractivity contribution is 6.58. The zero-order valence-corrected chi connectivity index (χ0v) is 10.9. The van der Waals surface area contributed by atoms with Gasteiger partial charge in [0.15, 0.2) is 0 Å². The third-order valence-electron chi connectivity index (χ3n) is 2.66. The van der Waals surface area contributed by atoms with E-state index >= 15 is 0 Å². The highest BCUT2D eigenvalue weighted by Crippen LogP contribution is 2.21. The Labute approximate surface area is 120 Å². The molecule has 0 heterocycles. The predicted molar refractivity (Wildman–Crippen MR) is 75.6 cm³/mol. The first kappa shape index (κ1) is 14.5. The lowest BCUT2D eigenvalue weighted by Crippen LogP contribution is -2.31. The summed E-state index contributed by atoms with van der Waals surface area (Å²) in [6, 6.07) is 9.78. The van der Waals surface area contributed by atoms with Crippen LogP contribution in [-0.2, 0) is 0 Å². The van der Waals surface area contributed by atoms with E-state index in [-0.39, 0.29) is 11.0 Å². The first-order valence-corrected chi connectivity index (χ1v) is 6.08. The molecule has 0 aliphatic carbocycles. The maximum atomic E-state index is 13.6. The van der Waals surface area contributed by atoms with Crippen LogP contribution in [0, 0.1) is 5.82 Å². The molecule has 4 nitrogen and oxygen atoms in total. The zero-order chi connectivity index (χ0) is 14.7. The Bertz CT molecular complexity index is 651. The molecule has 0 aromatic heterocycles. The quantitative estimate of drug-likeness (QED) is 0.750. The second kappa shape index (κ2) is 6.05. The third kappa shape index (κ3) is 3.16. The number of anilines is 1. The molecule has 2 aromatic carbocycles. The number of benzene rings is 2. The van der Waals surface area contributed by atoms with Gasteiger partial charge >= 0.3 is 7.12 Å². The van der Waals surface area contributed by atoms with Crippen molar-refractivity contribution in [3.63, 3.8) is 0 Å². The number of carbonyl (C=O) groups excluding carboxylic acids is 1. The second-order valence-corrected chi connectivity index (χ2v) is 4.45. The fraction of sp³-hybridized carbons (Fsp3) is 0. The SMILES string of the molecule is O=C(Nc1ccccc1Cl)c1cc(B(O)O)ccc1F. The lowest BCUT2D eigenvalue weighted by Gasteiger charge is -2.09. The number of rotatable bonds is 3. The Balaban J connectivity index is 2.30. The number of nitrogens with one attached hydrogen (secondary N) is 1. The van der Waals surface area contributed by atoms with Gasteiger partial charge in [-0.3, -0.25) is 4.79 Å². The first-order valence-electron chi connectivity index (χ1n) is 5.70. The molecule has 1 amide bonds. The van der Waals surface area contributed by atoms with E-state index in [4.69, 9.17) is 21.6 Å². The number of para-hydroxylation sites is 1. The van der Waals surface area contributed by atoms with E-state index in [2.05, 4.69) is 5.32 Å². The van der Waals surface area contributed by atoms with Gasteiger partial charge in [0.2, 0.25) is 0 Å². The van der Waals surface area contributed by atoms with E-state index in [1.165, 1.54) is 6.07 Å². The standard InChI is InChI=1S/C13H10BClFNO3/c15-10-3-1-2-4-12(10)17-13(18)9-7-8(14(19)20)5-6-11(9)16/h1-7,19-20H,(H,17,18). The Hall–Kier alpha value is -1.89. The summed E-state index contributed by atoms with van der Waals surface area (Å²) in [6.45, 7) is 0. The van der Waals surface area contributed by atoms with Gasteiger partial charge in [-0.05, 0) is 29.7 Å². The molecule has 0 saturated carbocycles. The van der Waals surface area contributed by atoms with Gasteiger partial charge in [-0.15, -0.1) is 0 Å². The highest BCUT2D eigenvalue weighted by atomic mass is 35.5. The largest absolute Gasteiger partial charge is 0.488 e. The molecule has 0 spiro atoms. The molecule has 0 saturated heterocycles. The van der Waals surface area contributed by atoms with E-state index in [1.54, 1.807) is 24.3 Å². The van der Waals surface area contributed by atoms with Crippen molar-refractivity contribution in [2.75, 3.05) is 5.32 Å². The molecule has 0 radical (unpaired) electrons. The fourth-order valence-corrected chi connectivity index (χ4v) is 1.81. The van der Waals surface area contributed by atoms with Crippen molar-refractivity contribution < 1.29 is 19.2 Å². The summed E-state index contributed by atoms with van der Waals surface area (Å²) >= 11 is 5.89. The number of halogens is 2. The van der Waals surface area contributed by atoms with Crippen molar-refractivity contribution in [2.24, 2.45) is 0 Å². The first-order chi connectivity index (χ1) is 9.49. The van der Waals surface area contributed by atoms with Crippen LogP contribution in [0.4, 0.5) is 10.1 Å². The fourth-order valence-electron chi connectivity index (χ4n) is 1.63.